The fraction of sp³-hybridized carbons (Fsp3) is 0.909. The Morgan fingerprint density at radius 3 is 2.67 bits per heavy atom. The minimum Gasteiger partial charge on any atom is -0.383 e. The highest BCUT2D eigenvalue weighted by atomic mass is 16.5. The zero-order valence-electron chi connectivity index (χ0n) is 9.79. The maximum Gasteiger partial charge on any atom is 0.236 e. The van der Waals surface area contributed by atoms with Gasteiger partial charge in [0.15, 0.2) is 0 Å². The first kappa shape index (κ1) is 12.5. The number of nitrogens with zero attached hydrogens (tertiary/aromatic N) is 1. The number of amides is 1. The van der Waals surface area contributed by atoms with E-state index in [4.69, 9.17) is 4.74 Å². The van der Waals surface area contributed by atoms with Gasteiger partial charge < -0.3 is 15.0 Å². The van der Waals surface area contributed by atoms with Crippen LogP contribution in [0.4, 0.5) is 0 Å². The van der Waals surface area contributed by atoms with E-state index in [1.807, 2.05) is 4.90 Å². The van der Waals surface area contributed by atoms with Crippen molar-refractivity contribution < 1.29 is 9.53 Å². The number of carbonyl (C=O) groups is 1. The van der Waals surface area contributed by atoms with Crippen molar-refractivity contribution in [2.45, 2.75) is 32.2 Å². The molecule has 0 aliphatic carbocycles. The third-order valence-electron chi connectivity index (χ3n) is 2.86. The molecule has 0 saturated carbocycles. The van der Waals surface area contributed by atoms with Crippen LogP contribution in [0.25, 0.3) is 0 Å². The minimum atomic E-state index is 0.224. The summed E-state index contributed by atoms with van der Waals surface area (Å²) >= 11 is 0. The lowest BCUT2D eigenvalue weighted by Gasteiger charge is -2.19. The van der Waals surface area contributed by atoms with Gasteiger partial charge in [0, 0.05) is 26.2 Å². The molecule has 0 radical (unpaired) electrons. The van der Waals surface area contributed by atoms with E-state index >= 15 is 0 Å². The number of nitrogens with one attached hydrogen (secondary N) is 1. The van der Waals surface area contributed by atoms with Crippen molar-refractivity contribution in [3.05, 3.63) is 0 Å². The number of ether oxygens (including phenoxy) is 1. The van der Waals surface area contributed by atoms with Gasteiger partial charge in [-0.2, -0.15) is 0 Å². The van der Waals surface area contributed by atoms with Gasteiger partial charge in [-0.05, 0) is 19.3 Å². The van der Waals surface area contributed by atoms with Crippen LogP contribution in [0.2, 0.25) is 0 Å². The molecule has 0 spiro atoms. The summed E-state index contributed by atoms with van der Waals surface area (Å²) in [4.78, 5) is 13.6. The van der Waals surface area contributed by atoms with E-state index in [-0.39, 0.29) is 5.91 Å². The second kappa shape index (κ2) is 6.80. The summed E-state index contributed by atoms with van der Waals surface area (Å²) in [5, 5.41) is 3.23. The van der Waals surface area contributed by atoms with Gasteiger partial charge in [0.2, 0.25) is 5.91 Å². The van der Waals surface area contributed by atoms with E-state index in [2.05, 4.69) is 12.2 Å². The van der Waals surface area contributed by atoms with E-state index < -0.39 is 0 Å². The molecule has 4 heteroatoms. The second-order valence-corrected chi connectivity index (χ2v) is 4.03. The van der Waals surface area contributed by atoms with Crippen molar-refractivity contribution >= 4 is 5.91 Å². The third-order valence-corrected chi connectivity index (χ3v) is 2.86. The molecular formula is C11H22N2O2. The maximum absolute atomic E-state index is 11.7. The minimum absolute atomic E-state index is 0.224. The first-order valence-corrected chi connectivity index (χ1v) is 5.78. The lowest BCUT2D eigenvalue weighted by molar-refractivity contribution is -0.129. The van der Waals surface area contributed by atoms with Crippen LogP contribution >= 0.6 is 0 Å². The Morgan fingerprint density at radius 2 is 2.13 bits per heavy atom. The van der Waals surface area contributed by atoms with Crippen molar-refractivity contribution in [2.75, 3.05) is 33.4 Å². The van der Waals surface area contributed by atoms with Crippen LogP contribution in [0.1, 0.15) is 26.2 Å². The monoisotopic (exact) mass is 214 g/mol. The molecule has 0 aromatic carbocycles. The molecule has 4 nitrogen and oxygen atoms in total. The van der Waals surface area contributed by atoms with Crippen LogP contribution in [0.3, 0.4) is 0 Å². The molecule has 1 rings (SSSR count). The van der Waals surface area contributed by atoms with Crippen LogP contribution < -0.4 is 5.32 Å². The number of likely N-dealkylation sites (tertiary alicyclic amines) is 1. The van der Waals surface area contributed by atoms with Crippen LogP contribution in [-0.4, -0.2) is 50.2 Å². The molecule has 1 N–H and O–H groups in total. The van der Waals surface area contributed by atoms with E-state index in [0.29, 0.717) is 19.2 Å². The Labute approximate surface area is 92.0 Å². The van der Waals surface area contributed by atoms with E-state index in [1.54, 1.807) is 7.11 Å². The average Bonchev–Trinajstić information content (AvgIpc) is 2.77. The van der Waals surface area contributed by atoms with E-state index in [0.717, 1.165) is 32.4 Å². The van der Waals surface area contributed by atoms with Gasteiger partial charge >= 0.3 is 0 Å². The predicted molar refractivity (Wildman–Crippen MR) is 59.8 cm³/mol. The fourth-order valence-corrected chi connectivity index (χ4v) is 1.83. The Hall–Kier alpha value is -0.610. The Balaban J connectivity index is 2.19. The first-order chi connectivity index (χ1) is 7.27. The summed E-state index contributed by atoms with van der Waals surface area (Å²) in [6, 6.07) is 0.293. The molecule has 88 valence electrons. The molecule has 0 aromatic rings. The molecule has 1 aliphatic rings. The van der Waals surface area contributed by atoms with Crippen molar-refractivity contribution in [1.82, 2.24) is 10.2 Å². The van der Waals surface area contributed by atoms with Crippen molar-refractivity contribution in [3.8, 4) is 0 Å². The number of hydrogen-bond acceptors (Lipinski definition) is 3. The molecule has 1 atom stereocenters. The largest absolute Gasteiger partial charge is 0.383 e. The quantitative estimate of drug-likeness (QED) is 0.705. The molecular weight excluding hydrogens is 192 g/mol. The normalized spacial score (nSPS) is 18.1. The molecule has 1 aliphatic heterocycles. The highest BCUT2D eigenvalue weighted by Crippen LogP contribution is 2.06. The van der Waals surface area contributed by atoms with Gasteiger partial charge in [-0.1, -0.05) is 6.92 Å². The summed E-state index contributed by atoms with van der Waals surface area (Å²) < 4.78 is 5.07. The number of methoxy groups -OCH3 is 1. The first-order valence-electron chi connectivity index (χ1n) is 5.78. The SMILES string of the molecule is CCC(COC)NCC(=O)N1CCCC1. The molecule has 1 saturated heterocycles. The zero-order valence-corrected chi connectivity index (χ0v) is 9.79. The van der Waals surface area contributed by atoms with Crippen LogP contribution in [0, 0.1) is 0 Å². The zero-order chi connectivity index (χ0) is 11.1. The van der Waals surface area contributed by atoms with Gasteiger partial charge in [-0.3, -0.25) is 4.79 Å². The highest BCUT2D eigenvalue weighted by molar-refractivity contribution is 5.78. The smallest absolute Gasteiger partial charge is 0.236 e. The molecule has 0 aromatic heterocycles. The maximum atomic E-state index is 11.7. The Bertz CT molecular complexity index is 191. The molecule has 1 unspecified atom stereocenters. The van der Waals surface area contributed by atoms with Crippen molar-refractivity contribution in [2.24, 2.45) is 0 Å². The fourth-order valence-electron chi connectivity index (χ4n) is 1.83. The summed E-state index contributed by atoms with van der Waals surface area (Å²) in [7, 11) is 1.69. The Kier molecular flexibility index (Phi) is 5.65. The topological polar surface area (TPSA) is 41.6 Å². The predicted octanol–water partition coefficient (Wildman–Crippen LogP) is 0.623. The van der Waals surface area contributed by atoms with Crippen molar-refractivity contribution in [3.63, 3.8) is 0 Å². The highest BCUT2D eigenvalue weighted by Gasteiger charge is 2.18. The van der Waals surface area contributed by atoms with Crippen LogP contribution in [-0.2, 0) is 9.53 Å². The van der Waals surface area contributed by atoms with Gasteiger partial charge in [0.1, 0.15) is 0 Å². The molecule has 15 heavy (non-hydrogen) atoms. The molecule has 0 bridgehead atoms. The number of hydrogen-bond donors (Lipinski definition) is 1. The van der Waals surface area contributed by atoms with Crippen LogP contribution in [0.5, 0.6) is 0 Å². The summed E-state index contributed by atoms with van der Waals surface area (Å²) in [6.07, 6.45) is 3.29. The standard InChI is InChI=1S/C11H22N2O2/c1-3-10(9-15-2)12-8-11(14)13-6-4-5-7-13/h10,12H,3-9H2,1-2H3. The lowest BCUT2D eigenvalue weighted by atomic mass is 10.2. The molecule has 1 amide bonds. The molecule has 1 heterocycles. The van der Waals surface area contributed by atoms with Gasteiger partial charge in [0.25, 0.3) is 0 Å². The summed E-state index contributed by atoms with van der Waals surface area (Å²) in [5.74, 6) is 0.224. The van der Waals surface area contributed by atoms with Gasteiger partial charge in [0.05, 0.1) is 13.2 Å². The van der Waals surface area contributed by atoms with E-state index in [1.165, 1.54) is 0 Å². The number of carbonyl (C=O) groups excluding carboxylic acids is 1. The van der Waals surface area contributed by atoms with Crippen molar-refractivity contribution in [1.29, 1.82) is 0 Å². The van der Waals surface area contributed by atoms with E-state index in [9.17, 15) is 4.79 Å². The average molecular weight is 214 g/mol. The van der Waals surface area contributed by atoms with Gasteiger partial charge in [-0.15, -0.1) is 0 Å². The summed E-state index contributed by atoms with van der Waals surface area (Å²) in [5.41, 5.74) is 0. The van der Waals surface area contributed by atoms with Crippen LogP contribution in [0.15, 0.2) is 0 Å². The second-order valence-electron chi connectivity index (χ2n) is 4.03. The number of rotatable bonds is 6. The van der Waals surface area contributed by atoms with Gasteiger partial charge in [-0.25, -0.2) is 0 Å². The lowest BCUT2D eigenvalue weighted by Crippen LogP contribution is -2.42. The summed E-state index contributed by atoms with van der Waals surface area (Å²) in [6.45, 7) is 5.08. The molecule has 1 fully saturated rings. The third kappa shape index (κ3) is 4.18. The Morgan fingerprint density at radius 1 is 1.47 bits per heavy atom.